The highest BCUT2D eigenvalue weighted by Crippen LogP contribution is 2.31. The van der Waals surface area contributed by atoms with Crippen LogP contribution in [0.2, 0.25) is 0 Å². The van der Waals surface area contributed by atoms with Gasteiger partial charge in [-0.3, -0.25) is 0 Å². The molecule has 1 atom stereocenters. The van der Waals surface area contributed by atoms with Crippen LogP contribution in [0.4, 0.5) is 4.79 Å². The molecule has 0 aliphatic carbocycles. The molecule has 2 saturated heterocycles. The van der Waals surface area contributed by atoms with Gasteiger partial charge in [-0.2, -0.15) is 0 Å². The summed E-state index contributed by atoms with van der Waals surface area (Å²) in [6.07, 6.45) is 3.21. The zero-order chi connectivity index (χ0) is 14.9. The van der Waals surface area contributed by atoms with E-state index in [1.54, 1.807) is 18.9 Å². The maximum absolute atomic E-state index is 12.6. The van der Waals surface area contributed by atoms with Crippen molar-refractivity contribution in [3.8, 4) is 0 Å². The van der Waals surface area contributed by atoms with Crippen molar-refractivity contribution in [1.29, 1.82) is 0 Å². The van der Waals surface area contributed by atoms with Crippen LogP contribution in [0.1, 0.15) is 32.6 Å². The van der Waals surface area contributed by atoms with Crippen molar-refractivity contribution in [3.05, 3.63) is 0 Å². The Labute approximate surface area is 120 Å². The van der Waals surface area contributed by atoms with E-state index < -0.39 is 11.5 Å². The summed E-state index contributed by atoms with van der Waals surface area (Å²) in [6.45, 7) is 4.16. The summed E-state index contributed by atoms with van der Waals surface area (Å²) >= 11 is 0. The summed E-state index contributed by atoms with van der Waals surface area (Å²) in [5, 5.41) is 9.40. The van der Waals surface area contributed by atoms with Gasteiger partial charge in [0.15, 0.2) is 0 Å². The van der Waals surface area contributed by atoms with E-state index in [0.717, 1.165) is 32.4 Å². The van der Waals surface area contributed by atoms with Gasteiger partial charge in [0.2, 0.25) is 0 Å². The molecule has 6 heteroatoms. The number of amides is 2. The minimum Gasteiger partial charge on any atom is -0.480 e. The van der Waals surface area contributed by atoms with Crippen LogP contribution >= 0.6 is 0 Å². The molecule has 114 valence electrons. The predicted molar refractivity (Wildman–Crippen MR) is 75.7 cm³/mol. The van der Waals surface area contributed by atoms with Crippen molar-refractivity contribution in [1.82, 2.24) is 14.7 Å². The van der Waals surface area contributed by atoms with Crippen LogP contribution < -0.4 is 0 Å². The van der Waals surface area contributed by atoms with Gasteiger partial charge in [0.1, 0.15) is 5.54 Å². The van der Waals surface area contributed by atoms with Crippen LogP contribution in [0.15, 0.2) is 0 Å². The summed E-state index contributed by atoms with van der Waals surface area (Å²) in [5.74, 6) is -0.903. The molecule has 20 heavy (non-hydrogen) atoms. The number of rotatable bonds is 2. The van der Waals surface area contributed by atoms with E-state index in [2.05, 4.69) is 11.9 Å². The fourth-order valence-electron chi connectivity index (χ4n) is 3.22. The minimum absolute atomic E-state index is 0.137. The highest BCUT2D eigenvalue weighted by atomic mass is 16.4. The first-order valence-electron chi connectivity index (χ1n) is 7.32. The Balaban J connectivity index is 2.05. The number of piperidine rings is 1. The number of carbonyl (C=O) groups is 2. The van der Waals surface area contributed by atoms with Gasteiger partial charge in [-0.05, 0) is 52.7 Å². The predicted octanol–water partition coefficient (Wildman–Crippen LogP) is 1.07. The van der Waals surface area contributed by atoms with E-state index in [4.69, 9.17) is 0 Å². The lowest BCUT2D eigenvalue weighted by Gasteiger charge is -2.40. The average Bonchev–Trinajstić information content (AvgIpc) is 2.81. The molecular formula is C14H25N3O3. The third-order valence-electron chi connectivity index (χ3n) is 4.87. The number of hydrogen-bond donors (Lipinski definition) is 1. The summed E-state index contributed by atoms with van der Waals surface area (Å²) in [7, 11) is 3.89. The first-order valence-corrected chi connectivity index (χ1v) is 7.32. The van der Waals surface area contributed by atoms with Crippen LogP contribution in [-0.2, 0) is 4.79 Å². The second-order valence-electron chi connectivity index (χ2n) is 6.26. The van der Waals surface area contributed by atoms with Crippen LogP contribution in [0.25, 0.3) is 0 Å². The molecule has 2 heterocycles. The zero-order valence-corrected chi connectivity index (χ0v) is 12.6. The van der Waals surface area contributed by atoms with Crippen molar-refractivity contribution in [2.45, 2.75) is 44.2 Å². The Morgan fingerprint density at radius 3 is 2.40 bits per heavy atom. The lowest BCUT2D eigenvalue weighted by Crippen LogP contribution is -2.57. The molecule has 6 nitrogen and oxygen atoms in total. The SMILES string of the molecule is CN1CCC(N(C)C(=O)N2CCCC2(C)C(=O)O)CC1. The van der Waals surface area contributed by atoms with E-state index in [1.807, 2.05) is 0 Å². The molecule has 0 saturated carbocycles. The van der Waals surface area contributed by atoms with Crippen molar-refractivity contribution in [2.75, 3.05) is 33.7 Å². The van der Waals surface area contributed by atoms with Gasteiger partial charge in [-0.15, -0.1) is 0 Å². The van der Waals surface area contributed by atoms with E-state index in [0.29, 0.717) is 13.0 Å². The molecule has 0 aromatic rings. The van der Waals surface area contributed by atoms with Gasteiger partial charge in [-0.25, -0.2) is 9.59 Å². The summed E-state index contributed by atoms with van der Waals surface area (Å²) in [5.41, 5.74) is -1.04. The Bertz CT molecular complexity index is 393. The number of likely N-dealkylation sites (tertiary alicyclic amines) is 2. The summed E-state index contributed by atoms with van der Waals surface area (Å²) in [6, 6.07) is 0.0827. The fourth-order valence-corrected chi connectivity index (χ4v) is 3.22. The first-order chi connectivity index (χ1) is 9.36. The van der Waals surface area contributed by atoms with Crippen molar-refractivity contribution >= 4 is 12.0 Å². The second kappa shape index (κ2) is 5.60. The molecule has 2 aliphatic rings. The molecule has 0 aromatic carbocycles. The Morgan fingerprint density at radius 1 is 1.25 bits per heavy atom. The Morgan fingerprint density at radius 2 is 1.85 bits per heavy atom. The lowest BCUT2D eigenvalue weighted by atomic mass is 9.99. The second-order valence-corrected chi connectivity index (χ2v) is 6.26. The highest BCUT2D eigenvalue weighted by Gasteiger charge is 2.47. The quantitative estimate of drug-likeness (QED) is 0.823. The van der Waals surface area contributed by atoms with Crippen molar-refractivity contribution < 1.29 is 14.7 Å². The fraction of sp³-hybridized carbons (Fsp3) is 0.857. The van der Waals surface area contributed by atoms with E-state index in [-0.39, 0.29) is 12.1 Å². The number of carboxylic acids is 1. The highest BCUT2D eigenvalue weighted by molar-refractivity contribution is 5.86. The van der Waals surface area contributed by atoms with Gasteiger partial charge in [-0.1, -0.05) is 0 Å². The van der Waals surface area contributed by atoms with Gasteiger partial charge < -0.3 is 19.8 Å². The van der Waals surface area contributed by atoms with E-state index in [1.165, 1.54) is 4.90 Å². The smallest absolute Gasteiger partial charge is 0.329 e. The number of carbonyl (C=O) groups excluding carboxylic acids is 1. The summed E-state index contributed by atoms with van der Waals surface area (Å²) < 4.78 is 0. The number of nitrogens with zero attached hydrogens (tertiary/aromatic N) is 3. The topological polar surface area (TPSA) is 64.1 Å². The van der Waals surface area contributed by atoms with Gasteiger partial charge in [0.05, 0.1) is 0 Å². The van der Waals surface area contributed by atoms with Crippen LogP contribution in [0, 0.1) is 0 Å². The monoisotopic (exact) mass is 283 g/mol. The lowest BCUT2D eigenvalue weighted by molar-refractivity contribution is -0.147. The molecule has 1 unspecified atom stereocenters. The Kier molecular flexibility index (Phi) is 4.22. The molecule has 2 amide bonds. The number of aliphatic carboxylic acids is 1. The molecule has 2 aliphatic heterocycles. The van der Waals surface area contributed by atoms with E-state index >= 15 is 0 Å². The largest absolute Gasteiger partial charge is 0.480 e. The van der Waals surface area contributed by atoms with Crippen molar-refractivity contribution in [3.63, 3.8) is 0 Å². The first kappa shape index (κ1) is 15.1. The number of carboxylic acid groups (broad SMARTS) is 1. The van der Waals surface area contributed by atoms with Gasteiger partial charge >= 0.3 is 12.0 Å². The maximum Gasteiger partial charge on any atom is 0.329 e. The van der Waals surface area contributed by atoms with Gasteiger partial charge in [0, 0.05) is 19.6 Å². The van der Waals surface area contributed by atoms with Crippen LogP contribution in [-0.4, -0.2) is 77.1 Å². The molecule has 2 rings (SSSR count). The molecule has 0 radical (unpaired) electrons. The molecular weight excluding hydrogens is 258 g/mol. The van der Waals surface area contributed by atoms with E-state index in [9.17, 15) is 14.7 Å². The summed E-state index contributed by atoms with van der Waals surface area (Å²) in [4.78, 5) is 29.6. The third-order valence-corrected chi connectivity index (χ3v) is 4.87. The van der Waals surface area contributed by atoms with Crippen LogP contribution in [0.5, 0.6) is 0 Å². The molecule has 0 aromatic heterocycles. The molecule has 0 spiro atoms. The molecule has 1 N–H and O–H groups in total. The van der Waals surface area contributed by atoms with Crippen LogP contribution in [0.3, 0.4) is 0 Å². The number of urea groups is 1. The maximum atomic E-state index is 12.6. The van der Waals surface area contributed by atoms with Crippen molar-refractivity contribution in [2.24, 2.45) is 0 Å². The molecule has 0 bridgehead atoms. The minimum atomic E-state index is -1.04. The standard InChI is InChI=1S/C14H25N3O3/c1-14(12(18)19)7-4-8-17(14)13(20)16(3)11-5-9-15(2)10-6-11/h11H,4-10H2,1-3H3,(H,18,19). The number of hydrogen-bond acceptors (Lipinski definition) is 3. The zero-order valence-electron chi connectivity index (χ0n) is 12.6. The van der Waals surface area contributed by atoms with Gasteiger partial charge in [0.25, 0.3) is 0 Å². The third kappa shape index (κ3) is 2.61. The normalized spacial score (nSPS) is 28.6. The molecule has 2 fully saturated rings. The Hall–Kier alpha value is -1.30. The average molecular weight is 283 g/mol.